The minimum absolute atomic E-state index is 0.0990. The zero-order valence-electron chi connectivity index (χ0n) is 15.8. The molecular formula is C22H36O3. The highest BCUT2D eigenvalue weighted by Gasteiger charge is 2.01. The van der Waals surface area contributed by atoms with Crippen molar-refractivity contribution in [3.63, 3.8) is 0 Å². The fourth-order valence-electron chi connectivity index (χ4n) is 2.91. The maximum absolute atomic E-state index is 9.59. The summed E-state index contributed by atoms with van der Waals surface area (Å²) >= 11 is 0. The average molecular weight is 349 g/mol. The van der Waals surface area contributed by atoms with Gasteiger partial charge in [-0.1, -0.05) is 82.9 Å². The second-order valence-corrected chi connectivity index (χ2v) is 6.70. The van der Waals surface area contributed by atoms with E-state index >= 15 is 0 Å². The third-order valence-electron chi connectivity index (χ3n) is 4.41. The average Bonchev–Trinajstić information content (AvgIpc) is 2.63. The number of ether oxygens (including phenoxy) is 1. The number of hydrogen-bond acceptors (Lipinski definition) is 3. The lowest BCUT2D eigenvalue weighted by atomic mass is 10.0. The summed E-state index contributed by atoms with van der Waals surface area (Å²) in [7, 11) is 0. The van der Waals surface area contributed by atoms with Gasteiger partial charge in [0, 0.05) is 0 Å². The normalized spacial score (nSPS) is 12.6. The summed E-state index contributed by atoms with van der Waals surface area (Å²) in [6.45, 7) is 2.17. The Bertz CT molecular complexity index is 439. The van der Waals surface area contributed by atoms with Crippen LogP contribution in [0.25, 0.3) is 0 Å². The predicted octanol–water partition coefficient (Wildman–Crippen LogP) is 5.40. The quantitative estimate of drug-likeness (QED) is 0.254. The SMILES string of the molecule is CCCCCCCCCCCCc1ccc(OC(O)C=CCO)cc1. The third kappa shape index (κ3) is 11.8. The minimum Gasteiger partial charge on any atom is -0.461 e. The largest absolute Gasteiger partial charge is 0.461 e. The number of unbranched alkanes of at least 4 members (excludes halogenated alkanes) is 9. The van der Waals surface area contributed by atoms with Crippen molar-refractivity contribution in [2.75, 3.05) is 6.61 Å². The first-order chi connectivity index (χ1) is 12.3. The second kappa shape index (κ2) is 15.0. The van der Waals surface area contributed by atoms with Crippen LogP contribution in [0.1, 0.15) is 76.7 Å². The van der Waals surface area contributed by atoms with E-state index in [9.17, 15) is 5.11 Å². The van der Waals surface area contributed by atoms with E-state index in [1.165, 1.54) is 81.9 Å². The van der Waals surface area contributed by atoms with E-state index in [-0.39, 0.29) is 6.61 Å². The highest BCUT2D eigenvalue weighted by atomic mass is 16.6. The summed E-state index contributed by atoms with van der Waals surface area (Å²) in [6, 6.07) is 7.90. The van der Waals surface area contributed by atoms with Crippen LogP contribution < -0.4 is 4.74 Å². The zero-order valence-corrected chi connectivity index (χ0v) is 15.8. The Morgan fingerprint density at radius 1 is 0.880 bits per heavy atom. The van der Waals surface area contributed by atoms with Crippen LogP contribution in [-0.4, -0.2) is 23.1 Å². The fraction of sp³-hybridized carbons (Fsp3) is 0.636. The van der Waals surface area contributed by atoms with Gasteiger partial charge in [0.1, 0.15) is 5.75 Å². The van der Waals surface area contributed by atoms with Gasteiger partial charge in [0.05, 0.1) is 6.61 Å². The lowest BCUT2D eigenvalue weighted by molar-refractivity contribution is 0.0243. The maximum Gasteiger partial charge on any atom is 0.217 e. The van der Waals surface area contributed by atoms with E-state index in [4.69, 9.17) is 9.84 Å². The summed E-state index contributed by atoms with van der Waals surface area (Å²) in [5, 5.41) is 18.2. The molecule has 0 spiro atoms. The molecule has 0 aromatic heterocycles. The van der Waals surface area contributed by atoms with Gasteiger partial charge in [0.15, 0.2) is 0 Å². The molecule has 1 atom stereocenters. The Labute approximate surface area is 153 Å². The van der Waals surface area contributed by atoms with Crippen molar-refractivity contribution >= 4 is 0 Å². The van der Waals surface area contributed by atoms with Crippen molar-refractivity contribution in [2.45, 2.75) is 83.8 Å². The van der Waals surface area contributed by atoms with Gasteiger partial charge in [-0.15, -0.1) is 0 Å². The standard InChI is InChI=1S/C22H36O3/c1-2-3-4-5-6-7-8-9-10-11-13-20-15-17-21(18-16-20)25-22(24)14-12-19-23/h12,14-18,22-24H,2-11,13,19H2,1H3. The molecule has 0 bridgehead atoms. The Morgan fingerprint density at radius 2 is 1.44 bits per heavy atom. The van der Waals surface area contributed by atoms with Crippen LogP contribution in [0.5, 0.6) is 5.75 Å². The van der Waals surface area contributed by atoms with E-state index in [1.54, 1.807) is 0 Å². The van der Waals surface area contributed by atoms with Gasteiger partial charge in [-0.2, -0.15) is 0 Å². The molecule has 1 aromatic carbocycles. The van der Waals surface area contributed by atoms with Gasteiger partial charge in [0.2, 0.25) is 6.29 Å². The topological polar surface area (TPSA) is 49.7 Å². The molecule has 0 fully saturated rings. The van der Waals surface area contributed by atoms with Gasteiger partial charge in [0.25, 0.3) is 0 Å². The molecule has 142 valence electrons. The second-order valence-electron chi connectivity index (χ2n) is 6.70. The summed E-state index contributed by atoms with van der Waals surface area (Å²) < 4.78 is 5.33. The molecule has 0 saturated carbocycles. The summed E-state index contributed by atoms with van der Waals surface area (Å²) in [5.74, 6) is 0.641. The Kier molecular flexibility index (Phi) is 13.0. The van der Waals surface area contributed by atoms with Crippen molar-refractivity contribution in [1.29, 1.82) is 0 Å². The molecule has 1 aromatic rings. The van der Waals surface area contributed by atoms with Gasteiger partial charge in [-0.25, -0.2) is 0 Å². The molecular weight excluding hydrogens is 312 g/mol. The summed E-state index contributed by atoms with van der Waals surface area (Å²) in [4.78, 5) is 0. The van der Waals surface area contributed by atoms with Gasteiger partial charge in [-0.05, 0) is 36.6 Å². The summed E-state index contributed by atoms with van der Waals surface area (Å²) in [5.41, 5.74) is 1.31. The van der Waals surface area contributed by atoms with E-state index in [1.807, 2.05) is 12.1 Å². The third-order valence-corrected chi connectivity index (χ3v) is 4.41. The number of aliphatic hydroxyl groups is 2. The van der Waals surface area contributed by atoms with E-state index < -0.39 is 6.29 Å². The molecule has 0 saturated heterocycles. The number of aryl methyl sites for hydroxylation is 1. The fourth-order valence-corrected chi connectivity index (χ4v) is 2.91. The molecule has 0 aliphatic rings. The first-order valence-electron chi connectivity index (χ1n) is 9.97. The van der Waals surface area contributed by atoms with E-state index in [0.717, 1.165) is 6.42 Å². The molecule has 1 rings (SSSR count). The Morgan fingerprint density at radius 3 is 2.00 bits per heavy atom. The molecule has 0 heterocycles. The van der Waals surface area contributed by atoms with Crippen molar-refractivity contribution in [3.8, 4) is 5.75 Å². The lowest BCUT2D eigenvalue weighted by Gasteiger charge is -2.10. The van der Waals surface area contributed by atoms with Crippen molar-refractivity contribution in [2.24, 2.45) is 0 Å². The minimum atomic E-state index is -1.01. The van der Waals surface area contributed by atoms with Crippen LogP contribution in [0.15, 0.2) is 36.4 Å². The van der Waals surface area contributed by atoms with Crippen LogP contribution in [0.3, 0.4) is 0 Å². The van der Waals surface area contributed by atoms with Crippen molar-refractivity contribution < 1.29 is 14.9 Å². The van der Waals surface area contributed by atoms with Gasteiger partial charge >= 0.3 is 0 Å². The summed E-state index contributed by atoms with van der Waals surface area (Å²) in [6.07, 6.45) is 16.6. The molecule has 0 aliphatic heterocycles. The number of rotatable bonds is 15. The predicted molar refractivity (Wildman–Crippen MR) is 105 cm³/mol. The van der Waals surface area contributed by atoms with E-state index in [0.29, 0.717) is 5.75 Å². The van der Waals surface area contributed by atoms with E-state index in [2.05, 4.69) is 19.1 Å². The number of hydrogen-bond donors (Lipinski definition) is 2. The Hall–Kier alpha value is -1.32. The maximum atomic E-state index is 9.59. The van der Waals surface area contributed by atoms with Gasteiger partial charge in [-0.3, -0.25) is 0 Å². The van der Waals surface area contributed by atoms with Crippen LogP contribution in [0, 0.1) is 0 Å². The van der Waals surface area contributed by atoms with Crippen LogP contribution in [-0.2, 0) is 6.42 Å². The molecule has 1 unspecified atom stereocenters. The molecule has 25 heavy (non-hydrogen) atoms. The van der Waals surface area contributed by atoms with Crippen LogP contribution in [0.4, 0.5) is 0 Å². The lowest BCUT2D eigenvalue weighted by Crippen LogP contribution is -2.12. The number of benzene rings is 1. The molecule has 3 heteroatoms. The molecule has 0 aliphatic carbocycles. The van der Waals surface area contributed by atoms with Gasteiger partial charge < -0.3 is 14.9 Å². The molecule has 0 amide bonds. The smallest absolute Gasteiger partial charge is 0.217 e. The Balaban J connectivity index is 2.07. The monoisotopic (exact) mass is 348 g/mol. The number of aliphatic hydroxyl groups excluding tert-OH is 2. The zero-order chi connectivity index (χ0) is 18.2. The van der Waals surface area contributed by atoms with Crippen molar-refractivity contribution in [3.05, 3.63) is 42.0 Å². The highest BCUT2D eigenvalue weighted by Crippen LogP contribution is 2.16. The van der Waals surface area contributed by atoms with Crippen LogP contribution in [0.2, 0.25) is 0 Å². The molecule has 3 nitrogen and oxygen atoms in total. The highest BCUT2D eigenvalue weighted by molar-refractivity contribution is 5.27. The molecule has 0 radical (unpaired) electrons. The van der Waals surface area contributed by atoms with Crippen molar-refractivity contribution in [1.82, 2.24) is 0 Å². The first-order valence-corrected chi connectivity index (χ1v) is 9.97. The first kappa shape index (κ1) is 21.7. The van der Waals surface area contributed by atoms with Crippen LogP contribution >= 0.6 is 0 Å². The molecule has 2 N–H and O–H groups in total.